The van der Waals surface area contributed by atoms with Gasteiger partial charge in [-0.05, 0) is 32.6 Å². The lowest BCUT2D eigenvalue weighted by Crippen LogP contribution is -2.42. The normalized spacial score (nSPS) is 24.4. The molecule has 0 heterocycles. The van der Waals surface area contributed by atoms with E-state index in [0.717, 1.165) is 19.3 Å². The van der Waals surface area contributed by atoms with E-state index in [2.05, 4.69) is 10.6 Å². The van der Waals surface area contributed by atoms with Gasteiger partial charge in [-0.15, -0.1) is 0 Å². The van der Waals surface area contributed by atoms with Crippen molar-refractivity contribution in [2.24, 2.45) is 11.8 Å². The van der Waals surface area contributed by atoms with Gasteiger partial charge in [-0.1, -0.05) is 6.42 Å². The first-order valence-electron chi connectivity index (χ1n) is 5.78. The second-order valence-electron chi connectivity index (χ2n) is 4.64. The minimum atomic E-state index is -0.742. The van der Waals surface area contributed by atoms with E-state index in [-0.39, 0.29) is 23.9 Å². The largest absolute Gasteiger partial charge is 0.481 e. The molecule has 0 saturated heterocycles. The summed E-state index contributed by atoms with van der Waals surface area (Å²) >= 11 is 0. The zero-order valence-corrected chi connectivity index (χ0v) is 9.82. The first-order chi connectivity index (χ1) is 7.50. The molecule has 3 N–H and O–H groups in total. The lowest BCUT2D eigenvalue weighted by molar-refractivity contribution is -0.142. The predicted octanol–water partition coefficient (Wildman–Crippen LogP) is 1.19. The number of nitrogens with one attached hydrogen (secondary N) is 2. The summed E-state index contributed by atoms with van der Waals surface area (Å²) in [4.78, 5) is 22.2. The summed E-state index contributed by atoms with van der Waals surface area (Å²) in [6.45, 7) is 4.22. The Morgan fingerprint density at radius 2 is 2.06 bits per heavy atom. The number of amides is 2. The first kappa shape index (κ1) is 12.8. The van der Waals surface area contributed by atoms with Crippen LogP contribution in [0.5, 0.6) is 0 Å². The quantitative estimate of drug-likeness (QED) is 0.676. The van der Waals surface area contributed by atoms with Gasteiger partial charge in [0.05, 0.1) is 5.92 Å². The van der Waals surface area contributed by atoms with Crippen molar-refractivity contribution >= 4 is 12.0 Å². The van der Waals surface area contributed by atoms with Gasteiger partial charge in [0.25, 0.3) is 0 Å². The summed E-state index contributed by atoms with van der Waals surface area (Å²) in [5.74, 6) is -0.955. The van der Waals surface area contributed by atoms with E-state index in [1.165, 1.54) is 0 Å². The average Bonchev–Trinajstić information content (AvgIpc) is 2.61. The molecule has 0 radical (unpaired) electrons. The van der Waals surface area contributed by atoms with Gasteiger partial charge in [0.2, 0.25) is 0 Å². The molecular weight excluding hydrogens is 208 g/mol. The maximum absolute atomic E-state index is 11.3. The van der Waals surface area contributed by atoms with E-state index in [0.29, 0.717) is 6.54 Å². The molecule has 1 fully saturated rings. The Bertz CT molecular complexity index is 266. The standard InChI is InChI=1S/C11H20N2O3/c1-7(2)13-11(16)12-6-8-4-3-5-9(8)10(14)15/h7-9H,3-6H2,1-2H3,(H,14,15)(H2,12,13,16). The summed E-state index contributed by atoms with van der Waals surface area (Å²) in [5, 5.41) is 14.4. The Labute approximate surface area is 95.6 Å². The number of aliphatic carboxylic acids is 1. The van der Waals surface area contributed by atoms with Crippen LogP contribution in [0.25, 0.3) is 0 Å². The molecule has 5 heteroatoms. The van der Waals surface area contributed by atoms with Crippen LogP contribution >= 0.6 is 0 Å². The smallest absolute Gasteiger partial charge is 0.314 e. The van der Waals surface area contributed by atoms with E-state index in [1.807, 2.05) is 13.8 Å². The fraction of sp³-hybridized carbons (Fsp3) is 0.818. The number of carboxylic acid groups (broad SMARTS) is 1. The van der Waals surface area contributed by atoms with E-state index in [4.69, 9.17) is 5.11 Å². The maximum Gasteiger partial charge on any atom is 0.314 e. The van der Waals surface area contributed by atoms with Crippen LogP contribution in [-0.4, -0.2) is 29.7 Å². The van der Waals surface area contributed by atoms with Crippen LogP contribution in [0.2, 0.25) is 0 Å². The van der Waals surface area contributed by atoms with Crippen LogP contribution in [-0.2, 0) is 4.79 Å². The number of hydrogen-bond acceptors (Lipinski definition) is 2. The topological polar surface area (TPSA) is 78.4 Å². The Morgan fingerprint density at radius 3 is 2.62 bits per heavy atom. The number of carbonyl (C=O) groups excluding carboxylic acids is 1. The Kier molecular flexibility index (Phi) is 4.58. The fourth-order valence-electron chi connectivity index (χ4n) is 2.14. The second kappa shape index (κ2) is 5.72. The van der Waals surface area contributed by atoms with Crippen molar-refractivity contribution in [3.63, 3.8) is 0 Å². The Morgan fingerprint density at radius 1 is 1.38 bits per heavy atom. The van der Waals surface area contributed by atoms with Gasteiger partial charge in [0, 0.05) is 12.6 Å². The van der Waals surface area contributed by atoms with Crippen LogP contribution in [0, 0.1) is 11.8 Å². The van der Waals surface area contributed by atoms with Crippen molar-refractivity contribution in [3.8, 4) is 0 Å². The molecule has 0 aromatic carbocycles. The van der Waals surface area contributed by atoms with Crippen molar-refractivity contribution in [1.29, 1.82) is 0 Å². The Balaban J connectivity index is 2.31. The molecule has 0 aromatic heterocycles. The molecule has 92 valence electrons. The molecule has 1 rings (SSSR count). The molecule has 2 unspecified atom stereocenters. The molecule has 1 aliphatic carbocycles. The molecule has 0 bridgehead atoms. The number of hydrogen-bond donors (Lipinski definition) is 3. The fourth-order valence-corrected chi connectivity index (χ4v) is 2.14. The van der Waals surface area contributed by atoms with Crippen LogP contribution in [0.4, 0.5) is 4.79 Å². The third kappa shape index (κ3) is 3.72. The van der Waals surface area contributed by atoms with E-state index in [1.54, 1.807) is 0 Å². The van der Waals surface area contributed by atoms with Gasteiger partial charge < -0.3 is 15.7 Å². The van der Waals surface area contributed by atoms with Crippen molar-refractivity contribution in [3.05, 3.63) is 0 Å². The second-order valence-corrected chi connectivity index (χ2v) is 4.64. The highest BCUT2D eigenvalue weighted by Crippen LogP contribution is 2.31. The lowest BCUT2D eigenvalue weighted by Gasteiger charge is -2.17. The highest BCUT2D eigenvalue weighted by Gasteiger charge is 2.32. The SMILES string of the molecule is CC(C)NC(=O)NCC1CCCC1C(=O)O. The maximum atomic E-state index is 11.3. The van der Waals surface area contributed by atoms with Gasteiger partial charge >= 0.3 is 12.0 Å². The molecule has 0 aromatic rings. The number of carboxylic acids is 1. The van der Waals surface area contributed by atoms with Crippen LogP contribution in [0.15, 0.2) is 0 Å². The highest BCUT2D eigenvalue weighted by atomic mass is 16.4. The molecular formula is C11H20N2O3. The van der Waals surface area contributed by atoms with Gasteiger partial charge in [-0.3, -0.25) is 4.79 Å². The highest BCUT2D eigenvalue weighted by molar-refractivity contribution is 5.74. The molecule has 2 amide bonds. The number of carbonyl (C=O) groups is 2. The Hall–Kier alpha value is -1.26. The van der Waals surface area contributed by atoms with E-state index >= 15 is 0 Å². The van der Waals surface area contributed by atoms with Crippen molar-refractivity contribution in [1.82, 2.24) is 10.6 Å². The summed E-state index contributed by atoms with van der Waals surface area (Å²) in [6, 6.07) is -0.120. The van der Waals surface area contributed by atoms with Crippen LogP contribution in [0.1, 0.15) is 33.1 Å². The molecule has 1 aliphatic rings. The summed E-state index contributed by atoms with van der Waals surface area (Å²) in [7, 11) is 0. The van der Waals surface area contributed by atoms with Gasteiger partial charge in [0.1, 0.15) is 0 Å². The number of urea groups is 1. The van der Waals surface area contributed by atoms with Gasteiger partial charge in [-0.2, -0.15) is 0 Å². The lowest BCUT2D eigenvalue weighted by atomic mass is 9.96. The van der Waals surface area contributed by atoms with Gasteiger partial charge in [0.15, 0.2) is 0 Å². The number of rotatable bonds is 4. The van der Waals surface area contributed by atoms with E-state index < -0.39 is 5.97 Å². The summed E-state index contributed by atoms with van der Waals surface area (Å²) in [6.07, 6.45) is 2.56. The first-order valence-corrected chi connectivity index (χ1v) is 5.78. The monoisotopic (exact) mass is 228 g/mol. The summed E-state index contributed by atoms with van der Waals surface area (Å²) in [5.41, 5.74) is 0. The third-order valence-corrected chi connectivity index (χ3v) is 2.92. The van der Waals surface area contributed by atoms with Crippen molar-refractivity contribution in [2.75, 3.05) is 6.54 Å². The molecule has 0 aliphatic heterocycles. The van der Waals surface area contributed by atoms with Crippen LogP contribution in [0.3, 0.4) is 0 Å². The summed E-state index contributed by atoms with van der Waals surface area (Å²) < 4.78 is 0. The van der Waals surface area contributed by atoms with Crippen molar-refractivity contribution in [2.45, 2.75) is 39.2 Å². The minimum Gasteiger partial charge on any atom is -0.481 e. The molecule has 1 saturated carbocycles. The molecule has 5 nitrogen and oxygen atoms in total. The molecule has 2 atom stereocenters. The molecule has 0 spiro atoms. The third-order valence-electron chi connectivity index (χ3n) is 2.92. The zero-order chi connectivity index (χ0) is 12.1. The van der Waals surface area contributed by atoms with Crippen LogP contribution < -0.4 is 10.6 Å². The van der Waals surface area contributed by atoms with E-state index in [9.17, 15) is 9.59 Å². The predicted molar refractivity (Wildman–Crippen MR) is 60.1 cm³/mol. The van der Waals surface area contributed by atoms with Gasteiger partial charge in [-0.25, -0.2) is 4.79 Å². The average molecular weight is 228 g/mol. The zero-order valence-electron chi connectivity index (χ0n) is 9.82. The minimum absolute atomic E-state index is 0.0791. The van der Waals surface area contributed by atoms with Crippen molar-refractivity contribution < 1.29 is 14.7 Å². The molecule has 16 heavy (non-hydrogen) atoms.